The number of piperazine rings is 1. The Labute approximate surface area is 178 Å². The summed E-state index contributed by atoms with van der Waals surface area (Å²) in [5.74, 6) is 0. The Morgan fingerprint density at radius 3 is 2.34 bits per heavy atom. The van der Waals surface area contributed by atoms with Crippen molar-refractivity contribution in [3.63, 3.8) is 0 Å². The van der Waals surface area contributed by atoms with Crippen LogP contribution in [0.2, 0.25) is 0 Å². The average Bonchev–Trinajstić information content (AvgIpc) is 2.68. The maximum Gasteiger partial charge on any atom is 0.410 e. The lowest BCUT2D eigenvalue weighted by atomic mass is 10.1. The van der Waals surface area contributed by atoms with Crippen LogP contribution >= 0.6 is 11.9 Å². The third-order valence-corrected chi connectivity index (χ3v) is 5.74. The van der Waals surface area contributed by atoms with Gasteiger partial charge in [0.05, 0.1) is 11.4 Å². The molecule has 6 heteroatoms. The maximum absolute atomic E-state index is 12.3. The van der Waals surface area contributed by atoms with E-state index in [2.05, 4.69) is 59.9 Å². The molecule has 3 rings (SSSR count). The largest absolute Gasteiger partial charge is 0.444 e. The number of ether oxygens (including phenoxy) is 1. The number of carbonyl (C=O) groups excluding carboxylic acids is 1. The first-order valence-corrected chi connectivity index (χ1v) is 10.9. The predicted molar refractivity (Wildman–Crippen MR) is 122 cm³/mol. The van der Waals surface area contributed by atoms with Gasteiger partial charge in [0.15, 0.2) is 0 Å². The minimum absolute atomic E-state index is 0.228. The lowest BCUT2D eigenvalue weighted by Crippen LogP contribution is -2.50. The van der Waals surface area contributed by atoms with Gasteiger partial charge in [-0.2, -0.15) is 0 Å². The van der Waals surface area contributed by atoms with Crippen molar-refractivity contribution >= 4 is 29.4 Å². The number of amides is 1. The Morgan fingerprint density at radius 1 is 1.00 bits per heavy atom. The number of nitrogens with one attached hydrogen (secondary N) is 1. The Morgan fingerprint density at radius 2 is 1.69 bits per heavy atom. The number of anilines is 2. The molecule has 0 saturated carbocycles. The summed E-state index contributed by atoms with van der Waals surface area (Å²) in [6, 6.07) is 14.8. The summed E-state index contributed by atoms with van der Waals surface area (Å²) >= 11 is 1.63. The van der Waals surface area contributed by atoms with Crippen LogP contribution in [0.3, 0.4) is 0 Å². The third kappa shape index (κ3) is 5.82. The van der Waals surface area contributed by atoms with Crippen LogP contribution in [-0.4, -0.2) is 42.8 Å². The van der Waals surface area contributed by atoms with Gasteiger partial charge in [-0.1, -0.05) is 18.2 Å². The average molecular weight is 414 g/mol. The van der Waals surface area contributed by atoms with Crippen molar-refractivity contribution in [2.45, 2.75) is 45.1 Å². The van der Waals surface area contributed by atoms with Crippen molar-refractivity contribution in [1.29, 1.82) is 0 Å². The van der Waals surface area contributed by atoms with E-state index in [1.807, 2.05) is 26.8 Å². The van der Waals surface area contributed by atoms with E-state index in [1.165, 1.54) is 16.0 Å². The molecule has 0 aromatic heterocycles. The second kappa shape index (κ2) is 8.99. The molecule has 1 fully saturated rings. The number of benzene rings is 2. The fourth-order valence-electron chi connectivity index (χ4n) is 3.18. The number of carbonyl (C=O) groups is 1. The zero-order valence-electron chi connectivity index (χ0n) is 18.0. The fraction of sp³-hybridized carbons (Fsp3) is 0.435. The van der Waals surface area contributed by atoms with E-state index in [-0.39, 0.29) is 6.09 Å². The Bertz CT molecular complexity index is 855. The molecule has 0 atom stereocenters. The van der Waals surface area contributed by atoms with Crippen LogP contribution in [0.25, 0.3) is 0 Å². The van der Waals surface area contributed by atoms with Gasteiger partial charge in [0, 0.05) is 31.1 Å². The second-order valence-electron chi connectivity index (χ2n) is 8.42. The van der Waals surface area contributed by atoms with Gasteiger partial charge in [-0.15, -0.1) is 0 Å². The van der Waals surface area contributed by atoms with Crippen LogP contribution in [0, 0.1) is 13.8 Å². The molecule has 1 aliphatic rings. The molecule has 1 N–H and O–H groups in total. The predicted octanol–water partition coefficient (Wildman–Crippen LogP) is 5.48. The Balaban J connectivity index is 1.62. The van der Waals surface area contributed by atoms with Crippen LogP contribution < -0.4 is 9.62 Å². The quantitative estimate of drug-likeness (QED) is 0.673. The van der Waals surface area contributed by atoms with Gasteiger partial charge in [-0.05, 0) is 82.0 Å². The molecule has 156 valence electrons. The first-order chi connectivity index (χ1) is 13.7. The van der Waals surface area contributed by atoms with Crippen molar-refractivity contribution in [3.8, 4) is 0 Å². The summed E-state index contributed by atoms with van der Waals surface area (Å²) in [7, 11) is 0. The topological polar surface area (TPSA) is 44.8 Å². The highest BCUT2D eigenvalue weighted by molar-refractivity contribution is 8.00. The molecule has 1 heterocycles. The van der Waals surface area contributed by atoms with Gasteiger partial charge in [0.2, 0.25) is 0 Å². The molecule has 5 nitrogen and oxygen atoms in total. The molecular formula is C23H31N3O2S. The van der Waals surface area contributed by atoms with E-state index >= 15 is 0 Å². The van der Waals surface area contributed by atoms with E-state index in [0.717, 1.165) is 24.5 Å². The maximum atomic E-state index is 12.3. The number of para-hydroxylation sites is 2. The van der Waals surface area contributed by atoms with E-state index in [9.17, 15) is 4.79 Å². The Hall–Kier alpha value is -2.34. The van der Waals surface area contributed by atoms with Crippen molar-refractivity contribution in [2.75, 3.05) is 35.8 Å². The number of rotatable bonds is 4. The van der Waals surface area contributed by atoms with E-state index in [4.69, 9.17) is 4.74 Å². The number of aryl methyl sites for hydroxylation is 2. The zero-order chi connectivity index (χ0) is 21.0. The van der Waals surface area contributed by atoms with Gasteiger partial charge in [-0.25, -0.2) is 4.79 Å². The lowest BCUT2D eigenvalue weighted by molar-refractivity contribution is 0.0240. The van der Waals surface area contributed by atoms with Crippen LogP contribution in [0.1, 0.15) is 31.9 Å². The monoisotopic (exact) mass is 413 g/mol. The highest BCUT2D eigenvalue weighted by Crippen LogP contribution is 2.31. The smallest absolute Gasteiger partial charge is 0.410 e. The van der Waals surface area contributed by atoms with Crippen molar-refractivity contribution in [3.05, 3.63) is 53.6 Å². The summed E-state index contributed by atoms with van der Waals surface area (Å²) in [6.07, 6.45) is -0.228. The van der Waals surface area contributed by atoms with Gasteiger partial charge in [0.25, 0.3) is 0 Å². The van der Waals surface area contributed by atoms with E-state index < -0.39 is 5.60 Å². The molecule has 1 saturated heterocycles. The molecule has 2 aromatic carbocycles. The Kier molecular flexibility index (Phi) is 6.63. The lowest BCUT2D eigenvalue weighted by Gasteiger charge is -2.37. The van der Waals surface area contributed by atoms with Crippen molar-refractivity contribution in [2.24, 2.45) is 0 Å². The molecule has 1 aliphatic heterocycles. The molecule has 29 heavy (non-hydrogen) atoms. The minimum atomic E-state index is -0.462. The molecular weight excluding hydrogens is 382 g/mol. The highest BCUT2D eigenvalue weighted by Gasteiger charge is 2.26. The van der Waals surface area contributed by atoms with Crippen LogP contribution in [-0.2, 0) is 4.74 Å². The number of hydrogen-bond acceptors (Lipinski definition) is 5. The molecule has 0 spiro atoms. The standard InChI is InChI=1S/C23H31N3O2S/c1-17-10-11-19(16-18(17)2)29-24-20-8-6-7-9-21(20)25-12-14-26(15-13-25)22(27)28-23(3,4)5/h6-11,16,24H,12-15H2,1-5H3. The number of nitrogens with zero attached hydrogens (tertiary/aromatic N) is 2. The molecule has 2 aromatic rings. The van der Waals surface area contributed by atoms with Gasteiger partial charge in [0.1, 0.15) is 5.60 Å². The summed E-state index contributed by atoms with van der Waals surface area (Å²) in [6.45, 7) is 12.9. The van der Waals surface area contributed by atoms with Crippen molar-refractivity contribution in [1.82, 2.24) is 4.90 Å². The summed E-state index contributed by atoms with van der Waals surface area (Å²) in [5.41, 5.74) is 4.38. The normalized spacial score (nSPS) is 14.7. The van der Waals surface area contributed by atoms with Crippen LogP contribution in [0.4, 0.5) is 16.2 Å². The summed E-state index contributed by atoms with van der Waals surface area (Å²) < 4.78 is 9.01. The van der Waals surface area contributed by atoms with Crippen molar-refractivity contribution < 1.29 is 9.53 Å². The number of hydrogen-bond donors (Lipinski definition) is 1. The molecule has 0 aliphatic carbocycles. The first-order valence-electron chi connectivity index (χ1n) is 10.0. The van der Waals surface area contributed by atoms with Gasteiger partial charge < -0.3 is 19.3 Å². The van der Waals surface area contributed by atoms with E-state index in [1.54, 1.807) is 16.8 Å². The molecule has 0 bridgehead atoms. The van der Waals surface area contributed by atoms with Gasteiger partial charge in [-0.3, -0.25) is 0 Å². The molecule has 0 unspecified atom stereocenters. The highest BCUT2D eigenvalue weighted by atomic mass is 32.2. The molecule has 0 radical (unpaired) electrons. The fourth-order valence-corrected chi connectivity index (χ4v) is 3.96. The van der Waals surface area contributed by atoms with E-state index in [0.29, 0.717) is 13.1 Å². The summed E-state index contributed by atoms with van der Waals surface area (Å²) in [4.78, 5) is 17.6. The van der Waals surface area contributed by atoms with Gasteiger partial charge >= 0.3 is 6.09 Å². The second-order valence-corrected chi connectivity index (χ2v) is 9.30. The SMILES string of the molecule is Cc1ccc(SNc2ccccc2N2CCN(C(=O)OC(C)(C)C)CC2)cc1C. The zero-order valence-corrected chi connectivity index (χ0v) is 18.8. The summed E-state index contributed by atoms with van der Waals surface area (Å²) in [5, 5.41) is 0. The van der Waals surface area contributed by atoms with Crippen LogP contribution in [0.5, 0.6) is 0 Å². The molecule has 1 amide bonds. The third-order valence-electron chi connectivity index (χ3n) is 4.93. The minimum Gasteiger partial charge on any atom is -0.444 e. The van der Waals surface area contributed by atoms with Crippen LogP contribution in [0.15, 0.2) is 47.4 Å². The first kappa shape index (κ1) is 21.4.